The van der Waals surface area contributed by atoms with E-state index in [1.165, 1.54) is 13.5 Å². The lowest BCUT2D eigenvalue weighted by atomic mass is 9.94. The first-order valence-electron chi connectivity index (χ1n) is 11.0. The van der Waals surface area contributed by atoms with E-state index in [1.807, 2.05) is 6.92 Å². The molecular formula is C23H32N4O4. The van der Waals surface area contributed by atoms with E-state index in [0.29, 0.717) is 23.5 Å². The molecule has 1 heterocycles. The van der Waals surface area contributed by atoms with E-state index in [0.717, 1.165) is 37.7 Å². The van der Waals surface area contributed by atoms with Crippen molar-refractivity contribution in [2.24, 2.45) is 0 Å². The number of anilines is 1. The summed E-state index contributed by atoms with van der Waals surface area (Å²) >= 11 is 0. The molecule has 4 amide bonds. The van der Waals surface area contributed by atoms with Crippen LogP contribution in [0.25, 0.3) is 0 Å². The number of methoxy groups -OCH3 is 1. The van der Waals surface area contributed by atoms with Crippen LogP contribution in [0.1, 0.15) is 64.0 Å². The van der Waals surface area contributed by atoms with Crippen molar-refractivity contribution in [1.82, 2.24) is 15.5 Å². The maximum atomic E-state index is 12.6. The summed E-state index contributed by atoms with van der Waals surface area (Å²) < 4.78 is 4.98. The number of nitrogens with one attached hydrogen (secondary N) is 3. The van der Waals surface area contributed by atoms with Crippen molar-refractivity contribution in [3.8, 4) is 0 Å². The molecule has 0 bridgehead atoms. The second kappa shape index (κ2) is 10.3. The van der Waals surface area contributed by atoms with E-state index in [-0.39, 0.29) is 18.1 Å². The molecule has 3 rings (SSSR count). The fraction of sp³-hybridized carbons (Fsp3) is 0.522. The van der Waals surface area contributed by atoms with Crippen LogP contribution >= 0.6 is 0 Å². The van der Waals surface area contributed by atoms with Crippen molar-refractivity contribution >= 4 is 23.7 Å². The van der Waals surface area contributed by atoms with Gasteiger partial charge in [-0.25, -0.2) is 14.4 Å². The molecular weight excluding hydrogens is 396 g/mol. The van der Waals surface area contributed by atoms with Gasteiger partial charge in [-0.1, -0.05) is 38.3 Å². The van der Waals surface area contributed by atoms with Crippen molar-refractivity contribution in [1.29, 1.82) is 0 Å². The van der Waals surface area contributed by atoms with Crippen LogP contribution in [0.15, 0.2) is 35.5 Å². The summed E-state index contributed by atoms with van der Waals surface area (Å²) in [5.41, 5.74) is 2.39. The van der Waals surface area contributed by atoms with Gasteiger partial charge in [-0.05, 0) is 43.9 Å². The van der Waals surface area contributed by atoms with Crippen LogP contribution in [-0.2, 0) is 9.53 Å². The lowest BCUT2D eigenvalue weighted by Crippen LogP contribution is -2.48. The smallest absolute Gasteiger partial charge is 0.337 e. The zero-order valence-corrected chi connectivity index (χ0v) is 18.5. The van der Waals surface area contributed by atoms with Crippen molar-refractivity contribution in [3.63, 3.8) is 0 Å². The Labute approximate surface area is 183 Å². The molecule has 1 aliphatic heterocycles. The third kappa shape index (κ3) is 5.37. The summed E-state index contributed by atoms with van der Waals surface area (Å²) in [5, 5.41) is 8.79. The van der Waals surface area contributed by atoms with E-state index in [4.69, 9.17) is 4.74 Å². The van der Waals surface area contributed by atoms with E-state index < -0.39 is 12.0 Å². The van der Waals surface area contributed by atoms with Crippen molar-refractivity contribution in [2.45, 2.75) is 64.5 Å². The molecule has 3 N–H and O–H groups in total. The van der Waals surface area contributed by atoms with Crippen molar-refractivity contribution < 1.29 is 19.1 Å². The van der Waals surface area contributed by atoms with Crippen LogP contribution in [-0.4, -0.2) is 42.6 Å². The minimum absolute atomic E-state index is 0.216. The van der Waals surface area contributed by atoms with Crippen LogP contribution in [0.2, 0.25) is 0 Å². The SMILES string of the molecule is CCCN1C(=O)NC(c2ccc(NC(=O)NC3CCCCC3)cc2)C(C(=O)OC)=C1C. The molecule has 1 aromatic carbocycles. The molecule has 1 unspecified atom stereocenters. The van der Waals surface area contributed by atoms with E-state index >= 15 is 0 Å². The summed E-state index contributed by atoms with van der Waals surface area (Å²) in [7, 11) is 1.33. The van der Waals surface area contributed by atoms with Gasteiger partial charge in [-0.2, -0.15) is 0 Å². The maximum Gasteiger partial charge on any atom is 0.337 e. The zero-order chi connectivity index (χ0) is 22.4. The van der Waals surface area contributed by atoms with Gasteiger partial charge < -0.3 is 20.7 Å². The van der Waals surface area contributed by atoms with E-state index in [9.17, 15) is 14.4 Å². The molecule has 1 atom stereocenters. The highest BCUT2D eigenvalue weighted by Crippen LogP contribution is 2.32. The first-order valence-corrected chi connectivity index (χ1v) is 11.0. The number of rotatable bonds is 6. The Morgan fingerprint density at radius 3 is 2.45 bits per heavy atom. The fourth-order valence-corrected chi connectivity index (χ4v) is 4.26. The number of esters is 1. The largest absolute Gasteiger partial charge is 0.466 e. The number of nitrogens with zero attached hydrogens (tertiary/aromatic N) is 1. The van der Waals surface area contributed by atoms with Gasteiger partial charge in [-0.3, -0.25) is 4.90 Å². The lowest BCUT2D eigenvalue weighted by Gasteiger charge is -2.35. The maximum absolute atomic E-state index is 12.6. The summed E-state index contributed by atoms with van der Waals surface area (Å²) in [6, 6.07) is 6.29. The van der Waals surface area contributed by atoms with Gasteiger partial charge in [0.2, 0.25) is 0 Å². The van der Waals surface area contributed by atoms with Gasteiger partial charge in [0.15, 0.2) is 0 Å². The second-order valence-electron chi connectivity index (χ2n) is 8.08. The average molecular weight is 429 g/mol. The van der Waals surface area contributed by atoms with E-state index in [1.54, 1.807) is 36.1 Å². The molecule has 168 valence electrons. The Morgan fingerprint density at radius 2 is 1.84 bits per heavy atom. The Hall–Kier alpha value is -3.03. The predicted octanol–water partition coefficient (Wildman–Crippen LogP) is 4.06. The standard InChI is InChI=1S/C23H32N4O4/c1-4-14-27-15(2)19(21(28)31-3)20(26-23(27)30)16-10-12-18(13-11-16)25-22(29)24-17-8-6-5-7-9-17/h10-13,17,20H,4-9,14H2,1-3H3,(H,26,30)(H2,24,25,29). The van der Waals surface area contributed by atoms with Crippen LogP contribution in [0.4, 0.5) is 15.3 Å². The second-order valence-corrected chi connectivity index (χ2v) is 8.08. The van der Waals surface area contributed by atoms with Gasteiger partial charge >= 0.3 is 18.0 Å². The zero-order valence-electron chi connectivity index (χ0n) is 18.5. The average Bonchev–Trinajstić information content (AvgIpc) is 2.77. The number of benzene rings is 1. The molecule has 0 aromatic heterocycles. The molecule has 8 nitrogen and oxygen atoms in total. The molecule has 8 heteroatoms. The Balaban J connectivity index is 1.74. The summed E-state index contributed by atoms with van der Waals surface area (Å²) in [6.07, 6.45) is 6.34. The lowest BCUT2D eigenvalue weighted by molar-refractivity contribution is -0.136. The predicted molar refractivity (Wildman–Crippen MR) is 118 cm³/mol. The third-order valence-corrected chi connectivity index (χ3v) is 5.89. The number of carbonyl (C=O) groups is 3. The van der Waals surface area contributed by atoms with E-state index in [2.05, 4.69) is 16.0 Å². The number of hydrogen-bond acceptors (Lipinski definition) is 4. The molecule has 31 heavy (non-hydrogen) atoms. The molecule has 2 aliphatic rings. The number of amides is 4. The van der Waals surface area contributed by atoms with Crippen LogP contribution < -0.4 is 16.0 Å². The highest BCUT2D eigenvalue weighted by Gasteiger charge is 2.35. The fourth-order valence-electron chi connectivity index (χ4n) is 4.26. The number of allylic oxidation sites excluding steroid dienone is 1. The van der Waals surface area contributed by atoms with Crippen LogP contribution in [0, 0.1) is 0 Å². The Kier molecular flexibility index (Phi) is 7.55. The number of hydrogen-bond donors (Lipinski definition) is 3. The van der Waals surface area contributed by atoms with Gasteiger partial charge in [0.25, 0.3) is 0 Å². The minimum atomic E-state index is -0.613. The third-order valence-electron chi connectivity index (χ3n) is 5.89. The Bertz CT molecular complexity index is 844. The number of ether oxygens (including phenoxy) is 1. The van der Waals surface area contributed by atoms with Gasteiger partial charge in [0.05, 0.1) is 18.7 Å². The molecule has 0 radical (unpaired) electrons. The first-order chi connectivity index (χ1) is 14.9. The molecule has 1 saturated carbocycles. The molecule has 0 saturated heterocycles. The molecule has 0 spiro atoms. The first kappa shape index (κ1) is 22.7. The monoisotopic (exact) mass is 428 g/mol. The highest BCUT2D eigenvalue weighted by atomic mass is 16.5. The van der Waals surface area contributed by atoms with Crippen LogP contribution in [0.3, 0.4) is 0 Å². The number of urea groups is 2. The minimum Gasteiger partial charge on any atom is -0.466 e. The van der Waals surface area contributed by atoms with Gasteiger partial charge in [0, 0.05) is 24.0 Å². The van der Waals surface area contributed by atoms with Crippen LogP contribution in [0.5, 0.6) is 0 Å². The Morgan fingerprint density at radius 1 is 1.16 bits per heavy atom. The molecule has 1 aromatic rings. The molecule has 1 fully saturated rings. The van der Waals surface area contributed by atoms with Gasteiger partial charge in [-0.15, -0.1) is 0 Å². The quantitative estimate of drug-likeness (QED) is 0.595. The normalized spacial score (nSPS) is 19.6. The highest BCUT2D eigenvalue weighted by molar-refractivity contribution is 5.95. The van der Waals surface area contributed by atoms with Crippen molar-refractivity contribution in [2.75, 3.05) is 19.0 Å². The number of carbonyl (C=O) groups excluding carboxylic acids is 3. The summed E-state index contributed by atoms with van der Waals surface area (Å²) in [4.78, 5) is 38.9. The summed E-state index contributed by atoms with van der Waals surface area (Å²) in [6.45, 7) is 4.25. The summed E-state index contributed by atoms with van der Waals surface area (Å²) in [5.74, 6) is -0.474. The molecule has 1 aliphatic carbocycles. The van der Waals surface area contributed by atoms with Gasteiger partial charge in [0.1, 0.15) is 0 Å². The topological polar surface area (TPSA) is 99.8 Å². The van der Waals surface area contributed by atoms with Crippen molar-refractivity contribution in [3.05, 3.63) is 41.1 Å².